The van der Waals surface area contributed by atoms with Gasteiger partial charge in [-0.3, -0.25) is 4.79 Å². The van der Waals surface area contributed by atoms with Crippen LogP contribution in [-0.2, 0) is 4.79 Å². The first-order valence-corrected chi connectivity index (χ1v) is 6.25. The Balaban J connectivity index is 2.61. The maximum atomic E-state index is 12.2. The largest absolute Gasteiger partial charge is 0.573 e. The fourth-order valence-corrected chi connectivity index (χ4v) is 1.48. The van der Waals surface area contributed by atoms with Gasteiger partial charge in [0.15, 0.2) is 18.1 Å². The lowest BCUT2D eigenvalue weighted by molar-refractivity contribution is -0.275. The van der Waals surface area contributed by atoms with Gasteiger partial charge in [0.05, 0.1) is 0 Å². The number of amides is 1. The molecular weight excluding hydrogens is 289 g/mol. The molecule has 5 nitrogen and oxygen atoms in total. The smallest absolute Gasteiger partial charge is 0.480 e. The maximum absolute atomic E-state index is 12.2. The van der Waals surface area contributed by atoms with E-state index in [4.69, 9.17) is 10.5 Å². The van der Waals surface area contributed by atoms with E-state index in [-0.39, 0.29) is 18.3 Å². The molecule has 0 radical (unpaired) electrons. The van der Waals surface area contributed by atoms with E-state index in [9.17, 15) is 18.0 Å². The molecule has 0 heterocycles. The van der Waals surface area contributed by atoms with Crippen LogP contribution in [0.4, 0.5) is 13.2 Å². The molecule has 0 bridgehead atoms. The van der Waals surface area contributed by atoms with Crippen LogP contribution in [0.3, 0.4) is 0 Å². The van der Waals surface area contributed by atoms with Crippen molar-refractivity contribution in [3.05, 3.63) is 24.3 Å². The summed E-state index contributed by atoms with van der Waals surface area (Å²) >= 11 is 0. The number of alkyl halides is 3. The zero-order chi connectivity index (χ0) is 15.9. The van der Waals surface area contributed by atoms with Crippen LogP contribution in [0, 0.1) is 0 Å². The molecule has 0 aliphatic heterocycles. The van der Waals surface area contributed by atoms with E-state index in [0.29, 0.717) is 19.5 Å². The second-order valence-corrected chi connectivity index (χ2v) is 4.24. The van der Waals surface area contributed by atoms with Crippen LogP contribution >= 0.6 is 0 Å². The first-order valence-electron chi connectivity index (χ1n) is 6.25. The summed E-state index contributed by atoms with van der Waals surface area (Å²) in [6.07, 6.45) is -4.18. The van der Waals surface area contributed by atoms with Crippen LogP contribution in [0.15, 0.2) is 24.3 Å². The number of nitrogens with zero attached hydrogens (tertiary/aromatic N) is 1. The Morgan fingerprint density at radius 2 is 1.90 bits per heavy atom. The van der Waals surface area contributed by atoms with Crippen molar-refractivity contribution in [2.45, 2.75) is 12.8 Å². The molecule has 2 N–H and O–H groups in total. The lowest BCUT2D eigenvalue weighted by Gasteiger charge is -2.18. The van der Waals surface area contributed by atoms with Crippen molar-refractivity contribution in [3.8, 4) is 11.5 Å². The molecule has 1 amide bonds. The summed E-state index contributed by atoms with van der Waals surface area (Å²) in [5.41, 5.74) is 5.33. The molecule has 8 heteroatoms. The molecule has 1 rings (SSSR count). The fraction of sp³-hybridized carbons (Fsp3) is 0.462. The maximum Gasteiger partial charge on any atom is 0.573 e. The zero-order valence-electron chi connectivity index (χ0n) is 11.5. The molecule has 21 heavy (non-hydrogen) atoms. The highest BCUT2D eigenvalue weighted by Crippen LogP contribution is 2.31. The van der Waals surface area contributed by atoms with Gasteiger partial charge in [0.1, 0.15) is 0 Å². The first kappa shape index (κ1) is 17.1. The molecule has 1 aromatic rings. The van der Waals surface area contributed by atoms with E-state index < -0.39 is 12.1 Å². The highest BCUT2D eigenvalue weighted by molar-refractivity contribution is 5.77. The van der Waals surface area contributed by atoms with E-state index in [1.807, 2.05) is 0 Å². The fourth-order valence-electron chi connectivity index (χ4n) is 1.48. The van der Waals surface area contributed by atoms with Crippen molar-refractivity contribution in [1.29, 1.82) is 0 Å². The van der Waals surface area contributed by atoms with Crippen LogP contribution in [0.5, 0.6) is 11.5 Å². The molecular formula is C13H17F3N2O3. The predicted octanol–water partition coefficient (Wildman–Crippen LogP) is 1.77. The van der Waals surface area contributed by atoms with Gasteiger partial charge < -0.3 is 20.1 Å². The highest BCUT2D eigenvalue weighted by Gasteiger charge is 2.32. The van der Waals surface area contributed by atoms with Crippen LogP contribution in [0.1, 0.15) is 6.42 Å². The summed E-state index contributed by atoms with van der Waals surface area (Å²) in [6, 6.07) is 5.28. The number of para-hydroxylation sites is 2. The van der Waals surface area contributed by atoms with E-state index >= 15 is 0 Å². The average molecular weight is 306 g/mol. The Morgan fingerprint density at radius 3 is 2.48 bits per heavy atom. The zero-order valence-corrected chi connectivity index (χ0v) is 11.5. The van der Waals surface area contributed by atoms with Gasteiger partial charge in [-0.25, -0.2) is 0 Å². The molecule has 0 spiro atoms. The molecule has 0 unspecified atom stereocenters. The third kappa shape index (κ3) is 6.35. The summed E-state index contributed by atoms with van der Waals surface area (Å²) in [6.45, 7) is 0.527. The summed E-state index contributed by atoms with van der Waals surface area (Å²) < 4.78 is 45.6. The quantitative estimate of drug-likeness (QED) is 0.834. The van der Waals surface area contributed by atoms with Crippen molar-refractivity contribution in [2.75, 3.05) is 26.7 Å². The standard InChI is InChI=1S/C13H17F3N2O3/c1-18(8-4-7-17)12(19)9-20-10-5-2-3-6-11(10)21-13(14,15)16/h2-3,5-6H,4,7-9,17H2,1H3. The summed E-state index contributed by atoms with van der Waals surface area (Å²) in [7, 11) is 1.57. The molecule has 0 aliphatic carbocycles. The number of ether oxygens (including phenoxy) is 2. The minimum absolute atomic E-state index is 0.143. The second-order valence-electron chi connectivity index (χ2n) is 4.24. The monoisotopic (exact) mass is 306 g/mol. The Morgan fingerprint density at radius 1 is 1.29 bits per heavy atom. The number of carbonyl (C=O) groups excluding carboxylic acids is 1. The summed E-state index contributed by atoms with van der Waals surface area (Å²) in [5, 5.41) is 0. The van der Waals surface area contributed by atoms with Crippen molar-refractivity contribution < 1.29 is 27.4 Å². The number of nitrogens with two attached hydrogens (primary N) is 1. The van der Waals surface area contributed by atoms with E-state index in [1.54, 1.807) is 7.05 Å². The Hall–Kier alpha value is -1.96. The van der Waals surface area contributed by atoms with Gasteiger partial charge in [-0.15, -0.1) is 13.2 Å². The Kier molecular flexibility index (Phi) is 6.29. The number of benzene rings is 1. The Bertz CT molecular complexity index is 466. The highest BCUT2D eigenvalue weighted by atomic mass is 19.4. The molecule has 0 fully saturated rings. The molecule has 0 atom stereocenters. The third-order valence-electron chi connectivity index (χ3n) is 2.55. The van der Waals surface area contributed by atoms with Crippen molar-refractivity contribution in [3.63, 3.8) is 0 Å². The van der Waals surface area contributed by atoms with E-state index in [2.05, 4.69) is 4.74 Å². The van der Waals surface area contributed by atoms with Gasteiger partial charge in [0, 0.05) is 13.6 Å². The third-order valence-corrected chi connectivity index (χ3v) is 2.55. The van der Waals surface area contributed by atoms with Crippen LogP contribution in [0.2, 0.25) is 0 Å². The SMILES string of the molecule is CN(CCCN)C(=O)COc1ccccc1OC(F)(F)F. The van der Waals surface area contributed by atoms with Crippen molar-refractivity contribution >= 4 is 5.91 Å². The van der Waals surface area contributed by atoms with E-state index in [0.717, 1.165) is 6.07 Å². The number of carbonyl (C=O) groups is 1. The van der Waals surface area contributed by atoms with Gasteiger partial charge >= 0.3 is 6.36 Å². The number of rotatable bonds is 7. The number of likely N-dealkylation sites (N-methyl/N-ethyl adjacent to an activating group) is 1. The average Bonchev–Trinajstić information content (AvgIpc) is 2.41. The van der Waals surface area contributed by atoms with Crippen molar-refractivity contribution in [2.24, 2.45) is 5.73 Å². The molecule has 0 saturated carbocycles. The molecule has 118 valence electrons. The topological polar surface area (TPSA) is 64.8 Å². The Labute approximate surface area is 120 Å². The van der Waals surface area contributed by atoms with Gasteiger partial charge in [-0.2, -0.15) is 0 Å². The lowest BCUT2D eigenvalue weighted by Crippen LogP contribution is -2.33. The summed E-state index contributed by atoms with van der Waals surface area (Å²) in [4.78, 5) is 13.1. The number of hydrogen-bond donors (Lipinski definition) is 1. The van der Waals surface area contributed by atoms with Crippen molar-refractivity contribution in [1.82, 2.24) is 4.90 Å². The second kappa shape index (κ2) is 7.72. The van der Waals surface area contributed by atoms with Crippen LogP contribution in [0.25, 0.3) is 0 Å². The lowest BCUT2D eigenvalue weighted by atomic mass is 10.3. The van der Waals surface area contributed by atoms with E-state index in [1.165, 1.54) is 23.1 Å². The molecule has 1 aromatic carbocycles. The number of hydrogen-bond acceptors (Lipinski definition) is 4. The van der Waals surface area contributed by atoms with Gasteiger partial charge in [-0.1, -0.05) is 12.1 Å². The van der Waals surface area contributed by atoms with Gasteiger partial charge in [0.25, 0.3) is 5.91 Å². The molecule has 0 aromatic heterocycles. The molecule has 0 aliphatic rings. The van der Waals surface area contributed by atoms with Gasteiger partial charge in [0.2, 0.25) is 0 Å². The number of halogens is 3. The first-order chi connectivity index (χ1) is 9.83. The van der Waals surface area contributed by atoms with Crippen LogP contribution < -0.4 is 15.2 Å². The predicted molar refractivity (Wildman–Crippen MR) is 69.9 cm³/mol. The van der Waals surface area contributed by atoms with Crippen LogP contribution in [-0.4, -0.2) is 43.9 Å². The normalized spacial score (nSPS) is 11.1. The van der Waals surface area contributed by atoms with Gasteiger partial charge in [-0.05, 0) is 25.1 Å². The minimum Gasteiger partial charge on any atom is -0.480 e. The summed E-state index contributed by atoms with van der Waals surface area (Å²) in [5.74, 6) is -0.983. The minimum atomic E-state index is -4.82. The molecule has 0 saturated heterocycles.